The lowest BCUT2D eigenvalue weighted by Crippen LogP contribution is -2.18. The smallest absolute Gasteiger partial charge is 0.363 e. The van der Waals surface area contributed by atoms with E-state index in [1.807, 2.05) is 0 Å². The number of rotatable bonds is 3. The van der Waals surface area contributed by atoms with E-state index in [4.69, 9.17) is 23.2 Å². The molecule has 26 heavy (non-hydrogen) atoms. The van der Waals surface area contributed by atoms with Gasteiger partial charge in [0.25, 0.3) is 0 Å². The van der Waals surface area contributed by atoms with Crippen LogP contribution in [-0.4, -0.2) is 22.8 Å². The van der Waals surface area contributed by atoms with Crippen molar-refractivity contribution in [1.29, 1.82) is 5.26 Å². The highest BCUT2D eigenvalue weighted by Gasteiger charge is 2.41. The van der Waals surface area contributed by atoms with Crippen molar-refractivity contribution in [3.05, 3.63) is 45.6 Å². The number of alkyl halides is 3. The summed E-state index contributed by atoms with van der Waals surface area (Å²) in [6.07, 6.45) is -4.71. The topological polar surface area (TPSA) is 53.1 Å². The highest BCUT2D eigenvalue weighted by atomic mass is 35.5. The lowest BCUT2D eigenvalue weighted by atomic mass is 10.1. The third-order valence-electron chi connectivity index (χ3n) is 3.68. The molecular formula is C16H11Cl2F3N4S. The molecule has 0 saturated heterocycles. The zero-order valence-corrected chi connectivity index (χ0v) is 15.4. The molecule has 1 N–H and O–H groups in total. The average Bonchev–Trinajstić information content (AvgIpc) is 3.18. The molecular weight excluding hydrogens is 408 g/mol. The van der Waals surface area contributed by atoms with Crippen LogP contribution in [0.25, 0.3) is 11.3 Å². The Kier molecular flexibility index (Phi) is 5.42. The van der Waals surface area contributed by atoms with Crippen LogP contribution in [-0.2, 0) is 12.1 Å². The summed E-state index contributed by atoms with van der Waals surface area (Å²) >= 11 is 12.9. The number of hydrogen-bond acceptors (Lipinski definition) is 4. The number of hydrogen-bond donors (Lipinski definition) is 1. The molecule has 136 valence electrons. The summed E-state index contributed by atoms with van der Waals surface area (Å²) in [5, 5.41) is 12.8. The molecule has 1 aromatic heterocycles. The number of aromatic nitrogens is 1. The van der Waals surface area contributed by atoms with Crippen molar-refractivity contribution in [3.63, 3.8) is 0 Å². The zero-order valence-electron chi connectivity index (χ0n) is 13.1. The van der Waals surface area contributed by atoms with Crippen molar-refractivity contribution in [2.45, 2.75) is 12.1 Å². The molecule has 1 aliphatic heterocycles. The van der Waals surface area contributed by atoms with Gasteiger partial charge in [0.05, 0.1) is 28.7 Å². The lowest BCUT2D eigenvalue weighted by Gasteiger charge is -2.15. The van der Waals surface area contributed by atoms with Gasteiger partial charge >= 0.3 is 6.18 Å². The van der Waals surface area contributed by atoms with Gasteiger partial charge in [-0.25, -0.2) is 0 Å². The maximum atomic E-state index is 13.6. The molecule has 1 aromatic carbocycles. The number of nitrogens with one attached hydrogen (secondary N) is 1. The van der Waals surface area contributed by atoms with Gasteiger partial charge in [-0.15, -0.1) is 0 Å². The molecule has 0 atom stereocenters. The Labute approximate surface area is 161 Å². The first-order chi connectivity index (χ1) is 12.3. The van der Waals surface area contributed by atoms with Crippen LogP contribution in [0.4, 0.5) is 13.2 Å². The Morgan fingerprint density at radius 1 is 1.27 bits per heavy atom. The van der Waals surface area contributed by atoms with Gasteiger partial charge in [-0.05, 0) is 17.7 Å². The minimum absolute atomic E-state index is 0.0972. The van der Waals surface area contributed by atoms with Crippen LogP contribution >= 0.6 is 35.0 Å². The highest BCUT2D eigenvalue weighted by Crippen LogP contribution is 2.43. The van der Waals surface area contributed by atoms with Crippen molar-refractivity contribution in [1.82, 2.24) is 9.88 Å². The van der Waals surface area contributed by atoms with E-state index in [-0.39, 0.29) is 17.1 Å². The molecule has 0 unspecified atom stereocenters. The van der Waals surface area contributed by atoms with Gasteiger partial charge in [0.15, 0.2) is 5.17 Å². The van der Waals surface area contributed by atoms with Gasteiger partial charge in [0.1, 0.15) is 11.8 Å². The van der Waals surface area contributed by atoms with Gasteiger partial charge in [-0.3, -0.25) is 4.99 Å². The average molecular weight is 419 g/mol. The van der Waals surface area contributed by atoms with E-state index in [1.54, 1.807) is 30.3 Å². The van der Waals surface area contributed by atoms with E-state index in [2.05, 4.69) is 10.3 Å². The van der Waals surface area contributed by atoms with Crippen LogP contribution in [0.5, 0.6) is 0 Å². The normalized spacial score (nSPS) is 14.1. The second-order valence-corrected chi connectivity index (χ2v) is 7.07. The molecule has 1 aliphatic rings. The fourth-order valence-electron chi connectivity index (χ4n) is 2.60. The van der Waals surface area contributed by atoms with Gasteiger partial charge in [-0.2, -0.15) is 18.4 Å². The minimum Gasteiger partial charge on any atom is -0.363 e. The number of benzene rings is 1. The third kappa shape index (κ3) is 3.65. The molecule has 0 bridgehead atoms. The number of halogens is 5. The summed E-state index contributed by atoms with van der Waals surface area (Å²) in [6.45, 7) is 1.22. The summed E-state index contributed by atoms with van der Waals surface area (Å²) in [4.78, 5) is 4.16. The summed E-state index contributed by atoms with van der Waals surface area (Å²) < 4.78 is 41.9. The Balaban J connectivity index is 2.16. The van der Waals surface area contributed by atoms with E-state index in [9.17, 15) is 18.4 Å². The van der Waals surface area contributed by atoms with E-state index in [0.29, 0.717) is 28.8 Å². The van der Waals surface area contributed by atoms with Gasteiger partial charge in [0, 0.05) is 11.6 Å². The first kappa shape index (κ1) is 19.0. The number of nitriles is 1. The Morgan fingerprint density at radius 3 is 2.50 bits per heavy atom. The van der Waals surface area contributed by atoms with E-state index in [1.165, 1.54) is 0 Å². The van der Waals surface area contributed by atoms with Crippen LogP contribution in [0.2, 0.25) is 10.0 Å². The second-order valence-electron chi connectivity index (χ2n) is 5.32. The first-order valence-corrected chi connectivity index (χ1v) is 9.13. The van der Waals surface area contributed by atoms with Gasteiger partial charge < -0.3 is 9.88 Å². The molecule has 0 radical (unpaired) electrons. The monoisotopic (exact) mass is 418 g/mol. The quantitative estimate of drug-likeness (QED) is 0.762. The molecule has 0 aliphatic carbocycles. The fraction of sp³-hybridized carbons (Fsp3) is 0.250. The molecule has 3 rings (SSSR count). The number of thioether (sulfide) groups is 1. The van der Waals surface area contributed by atoms with Crippen molar-refractivity contribution >= 4 is 40.1 Å². The van der Waals surface area contributed by atoms with Crippen LogP contribution in [0.1, 0.15) is 11.3 Å². The molecule has 10 heteroatoms. The number of aliphatic imine (C=N–C) groups is 1. The summed E-state index contributed by atoms with van der Waals surface area (Å²) in [6, 6.07) is 8.01. The molecule has 0 spiro atoms. The predicted octanol–water partition coefficient (Wildman–Crippen LogP) is 5.00. The van der Waals surface area contributed by atoms with Crippen LogP contribution in [0.15, 0.2) is 29.3 Å². The van der Waals surface area contributed by atoms with E-state index < -0.39 is 16.9 Å². The van der Waals surface area contributed by atoms with E-state index >= 15 is 0 Å². The molecule has 2 aromatic rings. The fourth-order valence-corrected chi connectivity index (χ4v) is 3.97. The standard InChI is InChI=1S/C16H11Cl2F3N4S/c17-10-3-1-9(2-4-10)13-11(7-22)12(18)14(16(19,20)21)25(13)8-26-15-23-5-6-24-15/h1-4H,5-6,8H2,(H,23,24). The predicted molar refractivity (Wildman–Crippen MR) is 97.5 cm³/mol. The number of nitrogens with zero attached hydrogens (tertiary/aromatic N) is 3. The second kappa shape index (κ2) is 7.43. The minimum atomic E-state index is -4.71. The molecule has 2 heterocycles. The van der Waals surface area contributed by atoms with Gasteiger partial charge in [0.2, 0.25) is 0 Å². The lowest BCUT2D eigenvalue weighted by molar-refractivity contribution is -0.142. The molecule has 0 fully saturated rings. The molecule has 0 amide bonds. The summed E-state index contributed by atoms with van der Waals surface area (Å²) in [5.74, 6) is -0.0972. The first-order valence-electron chi connectivity index (χ1n) is 7.39. The van der Waals surface area contributed by atoms with Crippen LogP contribution in [0, 0.1) is 11.3 Å². The molecule has 0 saturated carbocycles. The van der Waals surface area contributed by atoms with Crippen molar-refractivity contribution in [2.24, 2.45) is 4.99 Å². The largest absolute Gasteiger partial charge is 0.432 e. The van der Waals surface area contributed by atoms with Crippen molar-refractivity contribution in [3.8, 4) is 17.3 Å². The van der Waals surface area contributed by atoms with Crippen molar-refractivity contribution in [2.75, 3.05) is 13.1 Å². The summed E-state index contributed by atoms with van der Waals surface area (Å²) in [5.41, 5.74) is -0.743. The number of amidine groups is 1. The maximum Gasteiger partial charge on any atom is 0.432 e. The van der Waals surface area contributed by atoms with E-state index in [0.717, 1.165) is 16.3 Å². The summed E-state index contributed by atoms with van der Waals surface area (Å²) in [7, 11) is 0. The highest BCUT2D eigenvalue weighted by molar-refractivity contribution is 8.13. The Bertz CT molecular complexity index is 898. The van der Waals surface area contributed by atoms with Gasteiger partial charge in [-0.1, -0.05) is 47.1 Å². The van der Waals surface area contributed by atoms with Crippen LogP contribution in [0.3, 0.4) is 0 Å². The molecule has 4 nitrogen and oxygen atoms in total. The SMILES string of the molecule is N#Cc1c(Cl)c(C(F)(F)F)n(CSC2=NCCN2)c1-c1ccc(Cl)cc1. The Hall–Kier alpha value is -1.82. The zero-order chi connectivity index (χ0) is 18.9. The van der Waals surface area contributed by atoms with Crippen molar-refractivity contribution < 1.29 is 13.2 Å². The Morgan fingerprint density at radius 2 is 1.96 bits per heavy atom. The maximum absolute atomic E-state index is 13.6. The van der Waals surface area contributed by atoms with Crippen LogP contribution < -0.4 is 5.32 Å². The third-order valence-corrected chi connectivity index (χ3v) is 5.23.